The maximum absolute atomic E-state index is 12.8. The fraction of sp³-hybridized carbons (Fsp3) is 0.273. The van der Waals surface area contributed by atoms with Crippen molar-refractivity contribution in [3.63, 3.8) is 0 Å². The molecule has 1 fully saturated rings. The van der Waals surface area contributed by atoms with E-state index >= 15 is 0 Å². The summed E-state index contributed by atoms with van der Waals surface area (Å²) >= 11 is 4.92. The number of rotatable bonds is 2. The summed E-state index contributed by atoms with van der Waals surface area (Å²) in [7, 11) is 0. The van der Waals surface area contributed by atoms with Gasteiger partial charge in [-0.15, -0.1) is 0 Å². The minimum Gasteiger partial charge on any atom is -0.344 e. The Morgan fingerprint density at radius 2 is 2.00 bits per heavy atom. The highest BCUT2D eigenvalue weighted by molar-refractivity contribution is 7.80. The van der Waals surface area contributed by atoms with E-state index in [9.17, 15) is 9.18 Å². The van der Waals surface area contributed by atoms with Crippen LogP contribution in [0.3, 0.4) is 0 Å². The molecule has 1 amide bonds. The van der Waals surface area contributed by atoms with Crippen molar-refractivity contribution in [1.29, 1.82) is 0 Å². The fourth-order valence-electron chi connectivity index (χ4n) is 1.88. The van der Waals surface area contributed by atoms with Gasteiger partial charge in [0.15, 0.2) is 5.11 Å². The van der Waals surface area contributed by atoms with Gasteiger partial charge < -0.3 is 10.6 Å². The minimum absolute atomic E-state index is 0.188. The van der Waals surface area contributed by atoms with Gasteiger partial charge in [-0.2, -0.15) is 0 Å². The summed E-state index contributed by atoms with van der Waals surface area (Å²) in [5.41, 5.74) is -0.140. The first-order chi connectivity index (χ1) is 7.58. The number of carbonyl (C=O) groups is 1. The zero-order valence-electron chi connectivity index (χ0n) is 8.71. The molecule has 5 heteroatoms. The van der Waals surface area contributed by atoms with Crippen LogP contribution in [0.2, 0.25) is 0 Å². The van der Waals surface area contributed by atoms with Crippen LogP contribution in [0, 0.1) is 5.82 Å². The summed E-state index contributed by atoms with van der Waals surface area (Å²) in [5, 5.41) is 5.83. The molecule has 2 rings (SSSR count). The lowest BCUT2D eigenvalue weighted by molar-refractivity contribution is -0.124. The summed E-state index contributed by atoms with van der Waals surface area (Å²) < 4.78 is 12.8. The van der Waals surface area contributed by atoms with E-state index in [2.05, 4.69) is 10.6 Å². The predicted octanol–water partition coefficient (Wildman–Crippen LogP) is 1.44. The summed E-state index contributed by atoms with van der Waals surface area (Å²) in [4.78, 5) is 11.9. The standard InChI is InChI=1S/C11H11FN2OS/c1-2-11(9(15)13-10(16)14-11)7-3-5-8(12)6-4-7/h3-6H,2H2,1H3,(H2,13,14,15,16). The minimum atomic E-state index is -0.856. The average Bonchev–Trinajstić information content (AvgIpc) is 2.55. The van der Waals surface area contributed by atoms with Crippen molar-refractivity contribution >= 4 is 23.2 Å². The van der Waals surface area contributed by atoms with Gasteiger partial charge in [0.1, 0.15) is 11.4 Å². The molecule has 16 heavy (non-hydrogen) atoms. The number of hydrogen-bond acceptors (Lipinski definition) is 2. The quantitative estimate of drug-likeness (QED) is 0.766. The van der Waals surface area contributed by atoms with Gasteiger partial charge in [0.2, 0.25) is 0 Å². The topological polar surface area (TPSA) is 41.1 Å². The number of benzene rings is 1. The molecule has 0 aliphatic carbocycles. The summed E-state index contributed by atoms with van der Waals surface area (Å²) in [5.74, 6) is -0.511. The molecule has 1 aliphatic rings. The molecule has 3 nitrogen and oxygen atoms in total. The van der Waals surface area contributed by atoms with Crippen molar-refractivity contribution in [3.05, 3.63) is 35.6 Å². The molecule has 1 aromatic carbocycles. The Labute approximate surface area is 98.0 Å². The van der Waals surface area contributed by atoms with Crippen LogP contribution in [0.25, 0.3) is 0 Å². The van der Waals surface area contributed by atoms with Crippen LogP contribution in [0.5, 0.6) is 0 Å². The molecule has 2 N–H and O–H groups in total. The van der Waals surface area contributed by atoms with Gasteiger partial charge in [0.25, 0.3) is 5.91 Å². The Kier molecular flexibility index (Phi) is 2.63. The first-order valence-electron chi connectivity index (χ1n) is 4.98. The lowest BCUT2D eigenvalue weighted by Crippen LogP contribution is -2.43. The number of halogens is 1. The SMILES string of the molecule is CCC1(c2ccc(F)cc2)NC(=S)NC1=O. The largest absolute Gasteiger partial charge is 0.344 e. The second kappa shape index (κ2) is 3.83. The van der Waals surface area contributed by atoms with Crippen molar-refractivity contribution in [1.82, 2.24) is 10.6 Å². The third-order valence-corrected chi connectivity index (χ3v) is 3.01. The summed E-state index contributed by atoms with van der Waals surface area (Å²) in [6, 6.07) is 5.87. The fourth-order valence-corrected chi connectivity index (χ4v) is 2.15. The van der Waals surface area contributed by atoms with E-state index in [0.717, 1.165) is 0 Å². The zero-order valence-corrected chi connectivity index (χ0v) is 9.53. The molecule has 1 saturated heterocycles. The number of carbonyl (C=O) groups excluding carboxylic acids is 1. The van der Waals surface area contributed by atoms with E-state index in [1.807, 2.05) is 6.92 Å². The van der Waals surface area contributed by atoms with Crippen LogP contribution in [-0.2, 0) is 10.3 Å². The summed E-state index contributed by atoms with van der Waals surface area (Å²) in [6.45, 7) is 1.88. The molecule has 0 saturated carbocycles. The van der Waals surface area contributed by atoms with Crippen molar-refractivity contribution in [2.75, 3.05) is 0 Å². The molecule has 84 valence electrons. The van der Waals surface area contributed by atoms with E-state index in [4.69, 9.17) is 12.2 Å². The Balaban J connectivity index is 2.46. The van der Waals surface area contributed by atoms with Gasteiger partial charge >= 0.3 is 0 Å². The number of amides is 1. The average molecular weight is 238 g/mol. The molecular weight excluding hydrogens is 227 g/mol. The Morgan fingerprint density at radius 3 is 2.44 bits per heavy atom. The van der Waals surface area contributed by atoms with Crippen LogP contribution in [0.1, 0.15) is 18.9 Å². The van der Waals surface area contributed by atoms with Crippen molar-refractivity contribution in [2.24, 2.45) is 0 Å². The number of thiocarbonyl (C=S) groups is 1. The lowest BCUT2D eigenvalue weighted by Gasteiger charge is -2.25. The highest BCUT2D eigenvalue weighted by atomic mass is 32.1. The normalized spacial score (nSPS) is 24.1. The molecule has 1 atom stereocenters. The molecule has 1 aromatic rings. The summed E-state index contributed by atoms with van der Waals surface area (Å²) in [6.07, 6.45) is 0.546. The van der Waals surface area contributed by atoms with Crippen molar-refractivity contribution < 1.29 is 9.18 Å². The first kappa shape index (κ1) is 11.0. The highest BCUT2D eigenvalue weighted by Gasteiger charge is 2.44. The van der Waals surface area contributed by atoms with Gasteiger partial charge in [0, 0.05) is 0 Å². The van der Waals surface area contributed by atoms with Gasteiger partial charge in [-0.3, -0.25) is 4.79 Å². The van der Waals surface area contributed by atoms with Gasteiger partial charge in [0.05, 0.1) is 0 Å². The molecular formula is C11H11FN2OS. The smallest absolute Gasteiger partial charge is 0.256 e. The molecule has 1 heterocycles. The van der Waals surface area contributed by atoms with Crippen molar-refractivity contribution in [3.8, 4) is 0 Å². The third kappa shape index (κ3) is 1.57. The molecule has 0 bridgehead atoms. The van der Waals surface area contributed by atoms with Gasteiger partial charge in [-0.25, -0.2) is 4.39 Å². The van der Waals surface area contributed by atoms with Crippen LogP contribution >= 0.6 is 12.2 Å². The first-order valence-corrected chi connectivity index (χ1v) is 5.39. The number of hydrogen-bond donors (Lipinski definition) is 2. The maximum Gasteiger partial charge on any atom is 0.256 e. The molecule has 0 radical (unpaired) electrons. The van der Waals surface area contributed by atoms with E-state index in [1.165, 1.54) is 12.1 Å². The molecule has 0 spiro atoms. The van der Waals surface area contributed by atoms with E-state index in [0.29, 0.717) is 17.1 Å². The van der Waals surface area contributed by atoms with E-state index < -0.39 is 5.54 Å². The third-order valence-electron chi connectivity index (χ3n) is 2.81. The monoisotopic (exact) mass is 238 g/mol. The highest BCUT2D eigenvalue weighted by Crippen LogP contribution is 2.28. The van der Waals surface area contributed by atoms with E-state index in [1.54, 1.807) is 12.1 Å². The zero-order chi connectivity index (χ0) is 11.8. The predicted molar refractivity (Wildman–Crippen MR) is 62.2 cm³/mol. The van der Waals surface area contributed by atoms with Crippen LogP contribution in [0.15, 0.2) is 24.3 Å². The number of nitrogens with one attached hydrogen (secondary N) is 2. The van der Waals surface area contributed by atoms with Crippen molar-refractivity contribution in [2.45, 2.75) is 18.9 Å². The maximum atomic E-state index is 12.8. The lowest BCUT2D eigenvalue weighted by atomic mass is 9.87. The van der Waals surface area contributed by atoms with Crippen LogP contribution < -0.4 is 10.6 Å². The second-order valence-corrected chi connectivity index (χ2v) is 4.08. The molecule has 1 unspecified atom stereocenters. The van der Waals surface area contributed by atoms with Crippen LogP contribution in [-0.4, -0.2) is 11.0 Å². The Bertz CT molecular complexity index is 446. The Hall–Kier alpha value is -1.49. The van der Waals surface area contributed by atoms with E-state index in [-0.39, 0.29) is 11.7 Å². The second-order valence-electron chi connectivity index (χ2n) is 3.67. The molecule has 0 aromatic heterocycles. The van der Waals surface area contributed by atoms with Crippen LogP contribution in [0.4, 0.5) is 4.39 Å². The molecule has 1 aliphatic heterocycles. The van der Waals surface area contributed by atoms with Gasteiger partial charge in [-0.1, -0.05) is 19.1 Å². The van der Waals surface area contributed by atoms with Gasteiger partial charge in [-0.05, 0) is 36.3 Å². The Morgan fingerprint density at radius 1 is 1.38 bits per heavy atom.